The SMILES string of the molecule is CCNC(=NCC(C)(C)Cc1cccc(Cl)c1)NCC(C)N1CCN(C)CC1.I. The van der Waals surface area contributed by atoms with Crippen molar-refractivity contribution in [1.82, 2.24) is 20.4 Å². The summed E-state index contributed by atoms with van der Waals surface area (Å²) >= 11 is 6.13. The van der Waals surface area contributed by atoms with Gasteiger partial charge in [0.1, 0.15) is 0 Å². The summed E-state index contributed by atoms with van der Waals surface area (Å²) < 4.78 is 0. The van der Waals surface area contributed by atoms with Gasteiger partial charge in [-0.25, -0.2) is 0 Å². The molecule has 166 valence electrons. The van der Waals surface area contributed by atoms with Gasteiger partial charge >= 0.3 is 0 Å². The van der Waals surface area contributed by atoms with E-state index in [1.54, 1.807) is 0 Å². The second-order valence-corrected chi connectivity index (χ2v) is 9.17. The molecule has 1 aliphatic rings. The van der Waals surface area contributed by atoms with Gasteiger partial charge in [-0.2, -0.15) is 0 Å². The van der Waals surface area contributed by atoms with Gasteiger partial charge < -0.3 is 15.5 Å². The van der Waals surface area contributed by atoms with E-state index < -0.39 is 0 Å². The number of hydrogen-bond donors (Lipinski definition) is 2. The highest BCUT2D eigenvalue weighted by Gasteiger charge is 2.20. The van der Waals surface area contributed by atoms with Crippen LogP contribution >= 0.6 is 35.6 Å². The zero-order chi connectivity index (χ0) is 20.6. The molecule has 1 atom stereocenters. The lowest BCUT2D eigenvalue weighted by molar-refractivity contribution is 0.120. The number of aliphatic imine (C=N–C) groups is 1. The highest BCUT2D eigenvalue weighted by molar-refractivity contribution is 14.0. The molecule has 2 rings (SSSR count). The first-order valence-corrected chi connectivity index (χ1v) is 10.9. The molecule has 0 aromatic heterocycles. The van der Waals surface area contributed by atoms with E-state index in [0.717, 1.165) is 63.2 Å². The van der Waals surface area contributed by atoms with Crippen LogP contribution in [-0.2, 0) is 6.42 Å². The Balaban J connectivity index is 0.00000420. The first-order valence-electron chi connectivity index (χ1n) is 10.5. The van der Waals surface area contributed by atoms with Crippen LogP contribution in [0.2, 0.25) is 5.02 Å². The van der Waals surface area contributed by atoms with Crippen molar-refractivity contribution in [3.8, 4) is 0 Å². The van der Waals surface area contributed by atoms with Crippen molar-refractivity contribution in [2.75, 3.05) is 52.9 Å². The molecule has 0 saturated carbocycles. The van der Waals surface area contributed by atoms with E-state index in [2.05, 4.69) is 61.2 Å². The Morgan fingerprint density at radius 2 is 1.90 bits per heavy atom. The van der Waals surface area contributed by atoms with E-state index in [1.165, 1.54) is 5.56 Å². The van der Waals surface area contributed by atoms with Crippen LogP contribution in [0.5, 0.6) is 0 Å². The summed E-state index contributed by atoms with van der Waals surface area (Å²) in [6, 6.07) is 8.62. The van der Waals surface area contributed by atoms with Gasteiger partial charge in [0.15, 0.2) is 5.96 Å². The number of rotatable bonds is 8. The van der Waals surface area contributed by atoms with E-state index in [9.17, 15) is 0 Å². The molecule has 2 N–H and O–H groups in total. The van der Waals surface area contributed by atoms with Gasteiger partial charge in [-0.05, 0) is 50.4 Å². The molecule has 1 aromatic carbocycles. The molecule has 0 amide bonds. The number of benzene rings is 1. The number of nitrogens with zero attached hydrogens (tertiary/aromatic N) is 3. The summed E-state index contributed by atoms with van der Waals surface area (Å²) in [4.78, 5) is 9.82. The van der Waals surface area contributed by atoms with Gasteiger partial charge in [0.25, 0.3) is 0 Å². The maximum absolute atomic E-state index is 6.13. The maximum Gasteiger partial charge on any atom is 0.191 e. The fourth-order valence-corrected chi connectivity index (χ4v) is 3.74. The van der Waals surface area contributed by atoms with E-state index >= 15 is 0 Å². The van der Waals surface area contributed by atoms with Crippen molar-refractivity contribution < 1.29 is 0 Å². The van der Waals surface area contributed by atoms with Crippen LogP contribution in [0, 0.1) is 5.41 Å². The predicted octanol–water partition coefficient (Wildman–Crippen LogP) is 3.72. The minimum Gasteiger partial charge on any atom is -0.357 e. The molecular formula is C22H39ClIN5. The molecule has 5 nitrogen and oxygen atoms in total. The lowest BCUT2D eigenvalue weighted by atomic mass is 9.86. The van der Waals surface area contributed by atoms with Crippen LogP contribution in [-0.4, -0.2) is 74.7 Å². The molecule has 1 saturated heterocycles. The number of likely N-dealkylation sites (N-methyl/N-ethyl adjacent to an activating group) is 1. The number of nitrogens with one attached hydrogen (secondary N) is 2. The number of halogens is 2. The van der Waals surface area contributed by atoms with Crippen molar-refractivity contribution in [1.29, 1.82) is 0 Å². The number of guanidine groups is 1. The van der Waals surface area contributed by atoms with Crippen LogP contribution in [0.25, 0.3) is 0 Å². The van der Waals surface area contributed by atoms with E-state index in [1.807, 2.05) is 18.2 Å². The Morgan fingerprint density at radius 1 is 1.21 bits per heavy atom. The predicted molar refractivity (Wildman–Crippen MR) is 137 cm³/mol. The first-order chi connectivity index (χ1) is 13.3. The lowest BCUT2D eigenvalue weighted by Crippen LogP contribution is -2.52. The molecule has 1 unspecified atom stereocenters. The summed E-state index contributed by atoms with van der Waals surface area (Å²) in [7, 11) is 2.20. The quantitative estimate of drug-likeness (QED) is 0.303. The van der Waals surface area contributed by atoms with Gasteiger partial charge in [0.2, 0.25) is 0 Å². The molecule has 0 bridgehead atoms. The second-order valence-electron chi connectivity index (χ2n) is 8.74. The van der Waals surface area contributed by atoms with Crippen LogP contribution in [0.1, 0.15) is 33.3 Å². The van der Waals surface area contributed by atoms with E-state index in [-0.39, 0.29) is 29.4 Å². The summed E-state index contributed by atoms with van der Waals surface area (Å²) in [5, 5.41) is 7.72. The fourth-order valence-electron chi connectivity index (χ4n) is 3.53. The Hall–Kier alpha value is -0.570. The van der Waals surface area contributed by atoms with Crippen LogP contribution in [0.4, 0.5) is 0 Å². The van der Waals surface area contributed by atoms with Crippen molar-refractivity contribution in [3.63, 3.8) is 0 Å². The summed E-state index contributed by atoms with van der Waals surface area (Å²) in [6.07, 6.45) is 0.953. The van der Waals surface area contributed by atoms with Crippen LogP contribution in [0.15, 0.2) is 29.3 Å². The minimum atomic E-state index is 0. The smallest absolute Gasteiger partial charge is 0.191 e. The molecule has 29 heavy (non-hydrogen) atoms. The third kappa shape index (κ3) is 9.85. The molecule has 0 aliphatic carbocycles. The van der Waals surface area contributed by atoms with Crippen molar-refractivity contribution in [3.05, 3.63) is 34.9 Å². The zero-order valence-electron chi connectivity index (χ0n) is 18.7. The zero-order valence-corrected chi connectivity index (χ0v) is 21.8. The third-order valence-electron chi connectivity index (χ3n) is 5.31. The highest BCUT2D eigenvalue weighted by atomic mass is 127. The van der Waals surface area contributed by atoms with Crippen LogP contribution in [0.3, 0.4) is 0 Å². The first kappa shape index (κ1) is 26.5. The molecular weight excluding hydrogens is 497 g/mol. The standard InChI is InChI=1S/C22H38ClN5.HI/c1-6-24-21(25-16-18(2)28-12-10-27(5)11-13-28)26-17-22(3,4)15-19-8-7-9-20(23)14-19;/h7-9,14,18H,6,10-13,15-17H2,1-5H3,(H2,24,25,26);1H. The third-order valence-corrected chi connectivity index (χ3v) is 5.54. The Kier molecular flexibility index (Phi) is 11.8. The van der Waals surface area contributed by atoms with Crippen LogP contribution < -0.4 is 10.6 Å². The normalized spacial score (nSPS) is 17.5. The molecule has 1 heterocycles. The van der Waals surface area contributed by atoms with Crippen molar-refractivity contribution >= 4 is 41.5 Å². The summed E-state index contributed by atoms with van der Waals surface area (Å²) in [5.74, 6) is 0.905. The summed E-state index contributed by atoms with van der Waals surface area (Å²) in [6.45, 7) is 16.0. The van der Waals surface area contributed by atoms with Gasteiger partial charge in [0, 0.05) is 56.9 Å². The topological polar surface area (TPSA) is 42.9 Å². The maximum atomic E-state index is 6.13. The molecule has 0 radical (unpaired) electrons. The molecule has 1 aromatic rings. The Morgan fingerprint density at radius 3 is 2.52 bits per heavy atom. The molecule has 1 fully saturated rings. The Labute approximate surface area is 199 Å². The summed E-state index contributed by atoms with van der Waals surface area (Å²) in [5.41, 5.74) is 1.32. The number of piperazine rings is 1. The van der Waals surface area contributed by atoms with Gasteiger partial charge in [-0.15, -0.1) is 24.0 Å². The van der Waals surface area contributed by atoms with E-state index in [4.69, 9.17) is 16.6 Å². The van der Waals surface area contributed by atoms with Crippen molar-refractivity contribution in [2.24, 2.45) is 10.4 Å². The average molecular weight is 536 g/mol. The van der Waals surface area contributed by atoms with E-state index in [0.29, 0.717) is 6.04 Å². The monoisotopic (exact) mass is 535 g/mol. The average Bonchev–Trinajstić information content (AvgIpc) is 2.64. The fraction of sp³-hybridized carbons (Fsp3) is 0.682. The minimum absolute atomic E-state index is 0. The van der Waals surface area contributed by atoms with Gasteiger partial charge in [0.05, 0.1) is 0 Å². The molecule has 0 spiro atoms. The molecule has 7 heteroatoms. The molecule has 1 aliphatic heterocycles. The Bertz CT molecular complexity index is 629. The van der Waals surface area contributed by atoms with Crippen molar-refractivity contribution in [2.45, 2.75) is 40.2 Å². The van der Waals surface area contributed by atoms with Gasteiger partial charge in [-0.3, -0.25) is 9.89 Å². The lowest BCUT2D eigenvalue weighted by Gasteiger charge is -2.36. The highest BCUT2D eigenvalue weighted by Crippen LogP contribution is 2.24. The number of hydrogen-bond acceptors (Lipinski definition) is 3. The van der Waals surface area contributed by atoms with Gasteiger partial charge in [-0.1, -0.05) is 37.6 Å². The second kappa shape index (κ2) is 13.0. The largest absolute Gasteiger partial charge is 0.357 e.